The zero-order valence-corrected chi connectivity index (χ0v) is 20.2. The standard InChI is InChI=1S/C22H35N3O5S/c1-8-25(19(28)16(13-31)23-20(29)30-22(5,6)7)17(18(27)24-21(2,3)4)14-10-9-11-15(26)12-14/h9-12,16-17,26,31H,8,13H2,1-7H3,(H,23,29)(H,24,27). The molecule has 8 nitrogen and oxygen atoms in total. The van der Waals surface area contributed by atoms with Gasteiger partial charge in [0.05, 0.1) is 0 Å². The SMILES string of the molecule is CCN(C(=O)C(CS)NC(=O)OC(C)(C)C)C(C(=O)NC(C)(C)C)c1cccc(O)c1. The maximum Gasteiger partial charge on any atom is 0.408 e. The topological polar surface area (TPSA) is 108 Å². The summed E-state index contributed by atoms with van der Waals surface area (Å²) in [6, 6.07) is 4.20. The van der Waals surface area contributed by atoms with Gasteiger partial charge in [-0.3, -0.25) is 9.59 Å². The van der Waals surface area contributed by atoms with Crippen LogP contribution in [0.25, 0.3) is 0 Å². The number of ether oxygens (including phenoxy) is 1. The Morgan fingerprint density at radius 3 is 2.23 bits per heavy atom. The largest absolute Gasteiger partial charge is 0.508 e. The predicted molar refractivity (Wildman–Crippen MR) is 123 cm³/mol. The zero-order valence-electron chi connectivity index (χ0n) is 19.4. The van der Waals surface area contributed by atoms with Gasteiger partial charge in [0.2, 0.25) is 11.8 Å². The number of hydrogen-bond donors (Lipinski definition) is 4. The van der Waals surface area contributed by atoms with Gasteiger partial charge in [-0.05, 0) is 66.2 Å². The molecule has 2 atom stereocenters. The number of hydrogen-bond acceptors (Lipinski definition) is 6. The number of carbonyl (C=O) groups excluding carboxylic acids is 3. The van der Waals surface area contributed by atoms with Crippen molar-refractivity contribution in [2.45, 2.75) is 71.7 Å². The molecule has 31 heavy (non-hydrogen) atoms. The summed E-state index contributed by atoms with van der Waals surface area (Å²) in [4.78, 5) is 40.1. The first kappa shape index (κ1) is 26.6. The van der Waals surface area contributed by atoms with Crippen LogP contribution < -0.4 is 10.6 Å². The molecule has 174 valence electrons. The Balaban J connectivity index is 3.27. The second-order valence-electron chi connectivity index (χ2n) is 9.24. The number of likely N-dealkylation sites (N-methyl/N-ethyl adjacent to an activating group) is 1. The minimum Gasteiger partial charge on any atom is -0.508 e. The van der Waals surface area contributed by atoms with Gasteiger partial charge in [-0.1, -0.05) is 12.1 Å². The van der Waals surface area contributed by atoms with Crippen molar-refractivity contribution in [1.29, 1.82) is 0 Å². The average molecular weight is 454 g/mol. The molecule has 0 aliphatic rings. The van der Waals surface area contributed by atoms with E-state index in [4.69, 9.17) is 4.74 Å². The molecule has 2 unspecified atom stereocenters. The summed E-state index contributed by atoms with van der Waals surface area (Å²) in [6.07, 6.45) is -0.746. The van der Waals surface area contributed by atoms with Crippen LogP contribution in [0.3, 0.4) is 0 Å². The van der Waals surface area contributed by atoms with Crippen molar-refractivity contribution in [3.05, 3.63) is 29.8 Å². The maximum absolute atomic E-state index is 13.3. The van der Waals surface area contributed by atoms with Gasteiger partial charge in [-0.15, -0.1) is 0 Å². The van der Waals surface area contributed by atoms with Crippen LogP contribution in [0.5, 0.6) is 5.75 Å². The summed E-state index contributed by atoms with van der Waals surface area (Å²) in [7, 11) is 0. The quantitative estimate of drug-likeness (QED) is 0.475. The van der Waals surface area contributed by atoms with Crippen LogP contribution in [0.15, 0.2) is 24.3 Å². The van der Waals surface area contributed by atoms with Crippen molar-refractivity contribution < 1.29 is 24.2 Å². The van der Waals surface area contributed by atoms with Crippen molar-refractivity contribution in [3.63, 3.8) is 0 Å². The van der Waals surface area contributed by atoms with Gasteiger partial charge in [-0.25, -0.2) is 4.79 Å². The fraction of sp³-hybridized carbons (Fsp3) is 0.591. The lowest BCUT2D eigenvalue weighted by Crippen LogP contribution is -2.55. The number of nitrogens with one attached hydrogen (secondary N) is 2. The van der Waals surface area contributed by atoms with E-state index in [0.717, 1.165) is 0 Å². The van der Waals surface area contributed by atoms with Gasteiger partial charge in [0.25, 0.3) is 0 Å². The molecule has 0 aliphatic carbocycles. The summed E-state index contributed by atoms with van der Waals surface area (Å²) in [5.41, 5.74) is -0.811. The molecule has 0 fully saturated rings. The van der Waals surface area contributed by atoms with E-state index in [2.05, 4.69) is 23.3 Å². The van der Waals surface area contributed by atoms with Gasteiger partial charge < -0.3 is 25.4 Å². The van der Waals surface area contributed by atoms with E-state index in [-0.39, 0.29) is 18.0 Å². The molecule has 0 saturated heterocycles. The number of aromatic hydroxyl groups is 1. The molecule has 9 heteroatoms. The van der Waals surface area contributed by atoms with Crippen LogP contribution in [-0.2, 0) is 14.3 Å². The van der Waals surface area contributed by atoms with Crippen LogP contribution in [-0.4, -0.2) is 57.4 Å². The Morgan fingerprint density at radius 1 is 1.16 bits per heavy atom. The third-order valence-electron chi connectivity index (χ3n) is 4.04. The van der Waals surface area contributed by atoms with E-state index in [1.165, 1.54) is 17.0 Å². The smallest absolute Gasteiger partial charge is 0.408 e. The lowest BCUT2D eigenvalue weighted by Gasteiger charge is -2.35. The van der Waals surface area contributed by atoms with Crippen LogP contribution in [0.1, 0.15) is 60.1 Å². The summed E-state index contributed by atoms with van der Waals surface area (Å²) < 4.78 is 5.24. The first-order valence-corrected chi connectivity index (χ1v) is 10.8. The van der Waals surface area contributed by atoms with Gasteiger partial charge >= 0.3 is 6.09 Å². The van der Waals surface area contributed by atoms with Crippen molar-refractivity contribution in [2.24, 2.45) is 0 Å². The molecule has 0 radical (unpaired) electrons. The maximum atomic E-state index is 13.3. The van der Waals surface area contributed by atoms with E-state index in [0.29, 0.717) is 5.56 Å². The van der Waals surface area contributed by atoms with E-state index in [9.17, 15) is 19.5 Å². The zero-order chi connectivity index (χ0) is 24.0. The van der Waals surface area contributed by atoms with Gasteiger partial charge in [0, 0.05) is 17.8 Å². The van der Waals surface area contributed by atoms with Crippen LogP contribution in [0, 0.1) is 0 Å². The molecule has 0 aliphatic heterocycles. The minimum absolute atomic E-state index is 0.0161. The Hall–Kier alpha value is -2.42. The number of thiol groups is 1. The number of rotatable bonds is 7. The number of phenolic OH excluding ortho intramolecular Hbond substituents is 1. The highest BCUT2D eigenvalue weighted by Crippen LogP contribution is 2.26. The van der Waals surface area contributed by atoms with E-state index in [1.807, 2.05) is 20.8 Å². The van der Waals surface area contributed by atoms with Crippen LogP contribution >= 0.6 is 12.6 Å². The van der Waals surface area contributed by atoms with Gasteiger partial charge in [-0.2, -0.15) is 12.6 Å². The molecule has 3 amide bonds. The van der Waals surface area contributed by atoms with Crippen molar-refractivity contribution in [2.75, 3.05) is 12.3 Å². The van der Waals surface area contributed by atoms with Crippen molar-refractivity contribution >= 4 is 30.5 Å². The molecule has 0 saturated carbocycles. The van der Waals surface area contributed by atoms with Gasteiger partial charge in [0.1, 0.15) is 23.4 Å². The van der Waals surface area contributed by atoms with Crippen LogP contribution in [0.2, 0.25) is 0 Å². The number of amides is 3. The first-order chi connectivity index (χ1) is 14.2. The summed E-state index contributed by atoms with van der Waals surface area (Å²) >= 11 is 4.21. The first-order valence-electron chi connectivity index (χ1n) is 10.2. The molecule has 0 bridgehead atoms. The number of alkyl carbamates (subject to hydrolysis) is 1. The van der Waals surface area contributed by atoms with E-state index >= 15 is 0 Å². The van der Waals surface area contributed by atoms with Crippen molar-refractivity contribution in [1.82, 2.24) is 15.5 Å². The Morgan fingerprint density at radius 2 is 1.77 bits per heavy atom. The fourth-order valence-electron chi connectivity index (χ4n) is 2.91. The lowest BCUT2D eigenvalue weighted by atomic mass is 10.0. The third-order valence-corrected chi connectivity index (χ3v) is 4.40. The highest BCUT2D eigenvalue weighted by molar-refractivity contribution is 7.80. The highest BCUT2D eigenvalue weighted by Gasteiger charge is 2.36. The molecule has 3 N–H and O–H groups in total. The minimum atomic E-state index is -1.01. The highest BCUT2D eigenvalue weighted by atomic mass is 32.1. The number of phenols is 1. The Labute approximate surface area is 190 Å². The fourth-order valence-corrected chi connectivity index (χ4v) is 3.15. The molecule has 1 aromatic rings. The molecule has 1 rings (SSSR count). The average Bonchev–Trinajstić information content (AvgIpc) is 2.60. The summed E-state index contributed by atoms with van der Waals surface area (Å²) in [5, 5.41) is 15.4. The molecule has 1 aromatic carbocycles. The lowest BCUT2D eigenvalue weighted by molar-refractivity contribution is -0.142. The van der Waals surface area contributed by atoms with E-state index < -0.39 is 41.1 Å². The number of carbonyl (C=O) groups is 3. The van der Waals surface area contributed by atoms with Gasteiger partial charge in [0.15, 0.2) is 0 Å². The molecule has 0 spiro atoms. The van der Waals surface area contributed by atoms with Crippen LogP contribution in [0.4, 0.5) is 4.79 Å². The second kappa shape index (κ2) is 10.7. The molecule has 0 heterocycles. The number of nitrogens with zero attached hydrogens (tertiary/aromatic N) is 1. The molecular formula is C22H35N3O5S. The molecule has 0 aromatic heterocycles. The Bertz CT molecular complexity index is 786. The molecular weight excluding hydrogens is 418 g/mol. The normalized spacial score (nSPS) is 13.7. The third kappa shape index (κ3) is 8.69. The Kier molecular flexibility index (Phi) is 9.23. The van der Waals surface area contributed by atoms with Crippen molar-refractivity contribution in [3.8, 4) is 5.75 Å². The van der Waals surface area contributed by atoms with E-state index in [1.54, 1.807) is 39.8 Å². The second-order valence-corrected chi connectivity index (χ2v) is 9.61. The monoisotopic (exact) mass is 453 g/mol. The summed E-state index contributed by atoms with van der Waals surface area (Å²) in [6.45, 7) is 12.6. The number of benzene rings is 1. The predicted octanol–water partition coefficient (Wildman–Crippen LogP) is 3.02. The summed E-state index contributed by atoms with van der Waals surface area (Å²) in [5.74, 6) is -0.890.